The summed E-state index contributed by atoms with van der Waals surface area (Å²) in [7, 11) is 1.34. The van der Waals surface area contributed by atoms with E-state index < -0.39 is 28.5 Å². The number of carbonyl (C=O) groups is 2. The van der Waals surface area contributed by atoms with Gasteiger partial charge in [-0.25, -0.2) is 4.90 Å². The van der Waals surface area contributed by atoms with Crippen LogP contribution in [-0.4, -0.2) is 35.6 Å². The van der Waals surface area contributed by atoms with E-state index in [1.807, 2.05) is 12.2 Å². The number of anilines is 1. The first-order chi connectivity index (χ1) is 11.4. The van der Waals surface area contributed by atoms with Crippen molar-refractivity contribution in [3.8, 4) is 5.75 Å². The molecule has 3 heterocycles. The smallest absolute Gasteiger partial charge is 0.273 e. The number of amides is 2. The van der Waals surface area contributed by atoms with Gasteiger partial charge in [0.1, 0.15) is 5.75 Å². The summed E-state index contributed by atoms with van der Waals surface area (Å²) in [6, 6.07) is 3.82. The first-order valence-corrected chi connectivity index (χ1v) is 7.45. The van der Waals surface area contributed by atoms with Crippen LogP contribution >= 0.6 is 0 Å². The predicted octanol–water partition coefficient (Wildman–Crippen LogP) is 1.44. The third kappa shape index (κ3) is 1.71. The van der Waals surface area contributed by atoms with Crippen LogP contribution in [0.1, 0.15) is 6.92 Å². The highest BCUT2D eigenvalue weighted by Crippen LogP contribution is 2.53. The first kappa shape index (κ1) is 14.8. The topological polar surface area (TPSA) is 99.0 Å². The fourth-order valence-electron chi connectivity index (χ4n) is 3.85. The van der Waals surface area contributed by atoms with Crippen LogP contribution in [0.15, 0.2) is 30.4 Å². The van der Waals surface area contributed by atoms with E-state index in [0.717, 1.165) is 4.90 Å². The minimum atomic E-state index is -0.787. The van der Waals surface area contributed by atoms with Gasteiger partial charge in [-0.15, -0.1) is 0 Å². The van der Waals surface area contributed by atoms with Crippen molar-refractivity contribution >= 4 is 23.2 Å². The van der Waals surface area contributed by atoms with E-state index in [0.29, 0.717) is 0 Å². The largest absolute Gasteiger partial charge is 0.494 e. The summed E-state index contributed by atoms with van der Waals surface area (Å²) in [5.74, 6) is -1.77. The van der Waals surface area contributed by atoms with Crippen LogP contribution in [0.2, 0.25) is 0 Å². The maximum absolute atomic E-state index is 12.9. The molecule has 4 atom stereocenters. The number of imide groups is 1. The molecule has 1 aromatic rings. The van der Waals surface area contributed by atoms with Crippen molar-refractivity contribution in [1.29, 1.82) is 0 Å². The average molecular weight is 330 g/mol. The molecule has 2 fully saturated rings. The summed E-state index contributed by atoms with van der Waals surface area (Å²) in [5, 5.41) is 10.9. The van der Waals surface area contributed by atoms with E-state index >= 15 is 0 Å². The van der Waals surface area contributed by atoms with Crippen LogP contribution in [0.4, 0.5) is 11.4 Å². The van der Waals surface area contributed by atoms with Crippen molar-refractivity contribution in [2.75, 3.05) is 12.0 Å². The molecule has 2 amide bonds. The number of hydrogen-bond acceptors (Lipinski definition) is 6. The second-order valence-electron chi connectivity index (χ2n) is 6.25. The molecule has 124 valence electrons. The zero-order valence-electron chi connectivity index (χ0n) is 13.0. The van der Waals surface area contributed by atoms with E-state index in [2.05, 4.69) is 0 Å². The maximum Gasteiger partial charge on any atom is 0.273 e. The molecule has 8 nitrogen and oxygen atoms in total. The van der Waals surface area contributed by atoms with Gasteiger partial charge < -0.3 is 9.47 Å². The number of nitro benzene ring substituents is 1. The first-order valence-electron chi connectivity index (χ1n) is 7.45. The van der Waals surface area contributed by atoms with Gasteiger partial charge in [0.05, 0.1) is 47.3 Å². The van der Waals surface area contributed by atoms with Crippen LogP contribution in [0, 0.1) is 22.0 Å². The molecule has 3 aliphatic rings. The summed E-state index contributed by atoms with van der Waals surface area (Å²) in [5.41, 5.74) is -0.743. The lowest BCUT2D eigenvalue weighted by Gasteiger charge is -2.24. The van der Waals surface area contributed by atoms with Crippen LogP contribution in [0.3, 0.4) is 0 Å². The Morgan fingerprint density at radius 3 is 2.71 bits per heavy atom. The Labute approximate surface area is 136 Å². The van der Waals surface area contributed by atoms with Gasteiger partial charge in [0.2, 0.25) is 11.8 Å². The summed E-state index contributed by atoms with van der Waals surface area (Å²) < 4.78 is 10.9. The molecule has 24 heavy (non-hydrogen) atoms. The van der Waals surface area contributed by atoms with Gasteiger partial charge in [-0.2, -0.15) is 0 Å². The Morgan fingerprint density at radius 2 is 2.08 bits per heavy atom. The monoisotopic (exact) mass is 330 g/mol. The second-order valence-corrected chi connectivity index (χ2v) is 6.25. The Balaban J connectivity index is 1.78. The lowest BCUT2D eigenvalue weighted by molar-refractivity contribution is -0.384. The van der Waals surface area contributed by atoms with Gasteiger partial charge in [0, 0.05) is 6.07 Å². The molecule has 0 N–H and O–H groups in total. The molecule has 2 bridgehead atoms. The van der Waals surface area contributed by atoms with Crippen molar-refractivity contribution in [2.24, 2.45) is 11.8 Å². The summed E-state index contributed by atoms with van der Waals surface area (Å²) >= 11 is 0. The minimum Gasteiger partial charge on any atom is -0.494 e. The maximum atomic E-state index is 12.9. The Morgan fingerprint density at radius 1 is 1.33 bits per heavy atom. The second kappa shape index (κ2) is 4.64. The molecule has 2 saturated heterocycles. The molecule has 4 rings (SSSR count). The van der Waals surface area contributed by atoms with Gasteiger partial charge in [-0.3, -0.25) is 19.7 Å². The Hall–Kier alpha value is -2.74. The number of fused-ring (bicyclic) bond motifs is 5. The summed E-state index contributed by atoms with van der Waals surface area (Å²) in [4.78, 5) is 37.1. The number of methoxy groups -OCH3 is 1. The number of benzene rings is 1. The molecule has 1 aromatic carbocycles. The van der Waals surface area contributed by atoms with E-state index in [9.17, 15) is 19.7 Å². The number of rotatable bonds is 3. The highest BCUT2D eigenvalue weighted by molar-refractivity contribution is 6.24. The molecule has 0 saturated carbocycles. The number of non-ortho nitro benzene ring substituents is 1. The predicted molar refractivity (Wildman–Crippen MR) is 81.5 cm³/mol. The number of carbonyl (C=O) groups excluding carboxylic acids is 2. The molecule has 0 radical (unpaired) electrons. The van der Waals surface area contributed by atoms with Crippen LogP contribution in [0.25, 0.3) is 0 Å². The van der Waals surface area contributed by atoms with Gasteiger partial charge in [-0.1, -0.05) is 12.2 Å². The van der Waals surface area contributed by atoms with Crippen LogP contribution in [-0.2, 0) is 14.3 Å². The zero-order valence-corrected chi connectivity index (χ0v) is 13.0. The fourth-order valence-corrected chi connectivity index (χ4v) is 3.85. The van der Waals surface area contributed by atoms with Crippen LogP contribution < -0.4 is 9.64 Å². The number of ether oxygens (including phenoxy) is 2. The molecular weight excluding hydrogens is 316 g/mol. The zero-order chi connectivity index (χ0) is 17.2. The van der Waals surface area contributed by atoms with Crippen molar-refractivity contribution in [3.63, 3.8) is 0 Å². The van der Waals surface area contributed by atoms with E-state index in [1.165, 1.54) is 25.3 Å². The molecule has 0 aromatic heterocycles. The lowest BCUT2D eigenvalue weighted by Crippen LogP contribution is -2.38. The molecule has 0 aliphatic carbocycles. The number of hydrogen-bond donors (Lipinski definition) is 0. The normalized spacial score (nSPS) is 33.2. The van der Waals surface area contributed by atoms with Crippen molar-refractivity contribution in [3.05, 3.63) is 40.5 Å². The highest BCUT2D eigenvalue weighted by Gasteiger charge is 2.66. The summed E-state index contributed by atoms with van der Waals surface area (Å²) in [6.07, 6.45) is 3.22. The Kier molecular flexibility index (Phi) is 2.86. The molecule has 0 unspecified atom stereocenters. The standard InChI is InChI=1S/C16H14N2O6/c1-16-6-5-10(24-16)12-13(16)15(20)17(14(12)19)9-4-3-8(18(21)22)7-11(9)23-2/h3-7,10,12-13H,1-2H3/t10-,12+,13-,16-/m1/s1. The molecule has 0 spiro atoms. The lowest BCUT2D eigenvalue weighted by atomic mass is 9.78. The third-order valence-electron chi connectivity index (χ3n) is 4.94. The van der Waals surface area contributed by atoms with Gasteiger partial charge in [-0.05, 0) is 13.0 Å². The quantitative estimate of drug-likeness (QED) is 0.360. The van der Waals surface area contributed by atoms with Crippen molar-refractivity contribution < 1.29 is 24.0 Å². The minimum absolute atomic E-state index is 0.109. The van der Waals surface area contributed by atoms with Gasteiger partial charge in [0.15, 0.2) is 0 Å². The van der Waals surface area contributed by atoms with Crippen molar-refractivity contribution in [1.82, 2.24) is 0 Å². The van der Waals surface area contributed by atoms with E-state index in [4.69, 9.17) is 9.47 Å². The van der Waals surface area contributed by atoms with Crippen molar-refractivity contribution in [2.45, 2.75) is 18.6 Å². The molecule has 3 aliphatic heterocycles. The van der Waals surface area contributed by atoms with Crippen LogP contribution in [0.5, 0.6) is 5.75 Å². The molecular formula is C16H14N2O6. The van der Waals surface area contributed by atoms with E-state index in [-0.39, 0.29) is 28.9 Å². The average Bonchev–Trinajstić information content (AvgIpc) is 3.16. The fraction of sp³-hybridized carbons (Fsp3) is 0.375. The Bertz CT molecular complexity index is 819. The summed E-state index contributed by atoms with van der Waals surface area (Å²) in [6.45, 7) is 1.79. The van der Waals surface area contributed by atoms with Gasteiger partial charge in [0.25, 0.3) is 5.69 Å². The SMILES string of the molecule is COc1cc([N+](=O)[O-])ccc1N1C(=O)[C@H]2[C@H]3C=C[C@@](C)(O3)[C@H]2C1=O. The third-order valence-corrected chi connectivity index (χ3v) is 4.94. The molecule has 8 heteroatoms. The highest BCUT2D eigenvalue weighted by atomic mass is 16.6. The van der Waals surface area contributed by atoms with E-state index in [1.54, 1.807) is 6.92 Å². The van der Waals surface area contributed by atoms with Gasteiger partial charge >= 0.3 is 0 Å². The number of nitro groups is 1. The number of nitrogens with zero attached hydrogens (tertiary/aromatic N) is 2.